The normalized spacial score (nSPS) is 10.7. The predicted octanol–water partition coefficient (Wildman–Crippen LogP) is 1.50. The van der Waals surface area contributed by atoms with E-state index in [0.717, 1.165) is 15.8 Å². The lowest BCUT2D eigenvalue weighted by molar-refractivity contribution is 0.1000. The second kappa shape index (κ2) is 3.09. The van der Waals surface area contributed by atoms with E-state index in [9.17, 15) is 4.79 Å². The van der Waals surface area contributed by atoms with Gasteiger partial charge in [0.15, 0.2) is 0 Å². The van der Waals surface area contributed by atoms with Crippen molar-refractivity contribution in [3.8, 4) is 0 Å². The average Bonchev–Trinajstić information content (AvgIpc) is 2.48. The number of rotatable bonds is 1. The molecule has 0 fully saturated rings. The first-order valence-electron chi connectivity index (χ1n) is 4.02. The summed E-state index contributed by atoms with van der Waals surface area (Å²) in [6.07, 6.45) is 3.36. The fraction of sp³-hybridized carbons (Fsp3) is 0.111. The zero-order valence-electron chi connectivity index (χ0n) is 7.49. The third-order valence-electron chi connectivity index (χ3n) is 2.03. The Hall–Kier alpha value is -1.36. The molecule has 0 spiro atoms. The van der Waals surface area contributed by atoms with Gasteiger partial charge in [0.2, 0.25) is 5.91 Å². The molecule has 0 unspecified atom stereocenters. The number of pyridine rings is 1. The summed E-state index contributed by atoms with van der Waals surface area (Å²) in [5.74, 6) is -0.435. The SMILES string of the molecule is Cc1cc(C(N)=O)cn2c(Br)cnc12. The van der Waals surface area contributed by atoms with Crippen molar-refractivity contribution in [3.63, 3.8) is 0 Å². The quantitative estimate of drug-likeness (QED) is 0.838. The first-order chi connectivity index (χ1) is 6.59. The van der Waals surface area contributed by atoms with Crippen molar-refractivity contribution in [2.75, 3.05) is 0 Å². The number of imidazole rings is 1. The van der Waals surface area contributed by atoms with Gasteiger partial charge in [-0.2, -0.15) is 0 Å². The Balaban J connectivity index is 2.82. The van der Waals surface area contributed by atoms with Crippen LogP contribution in [0, 0.1) is 6.92 Å². The summed E-state index contributed by atoms with van der Waals surface area (Å²) < 4.78 is 2.59. The Morgan fingerprint density at radius 2 is 2.36 bits per heavy atom. The maximum Gasteiger partial charge on any atom is 0.250 e. The molecule has 4 nitrogen and oxygen atoms in total. The highest BCUT2D eigenvalue weighted by atomic mass is 79.9. The van der Waals surface area contributed by atoms with Gasteiger partial charge >= 0.3 is 0 Å². The minimum Gasteiger partial charge on any atom is -0.366 e. The van der Waals surface area contributed by atoms with Gasteiger partial charge < -0.3 is 5.73 Å². The van der Waals surface area contributed by atoms with E-state index < -0.39 is 5.91 Å². The average molecular weight is 254 g/mol. The summed E-state index contributed by atoms with van der Waals surface area (Å²) in [5, 5.41) is 0. The molecule has 1 amide bonds. The third kappa shape index (κ3) is 1.29. The number of aryl methyl sites for hydroxylation is 1. The molecule has 5 heteroatoms. The Labute approximate surface area is 88.9 Å². The van der Waals surface area contributed by atoms with Gasteiger partial charge in [-0.3, -0.25) is 9.20 Å². The summed E-state index contributed by atoms with van der Waals surface area (Å²) in [6, 6.07) is 1.73. The van der Waals surface area contributed by atoms with Gasteiger partial charge in [-0.1, -0.05) is 0 Å². The highest BCUT2D eigenvalue weighted by Crippen LogP contribution is 2.17. The van der Waals surface area contributed by atoms with Crippen LogP contribution in [0.5, 0.6) is 0 Å². The Bertz CT molecular complexity index is 518. The number of nitrogens with zero attached hydrogens (tertiary/aromatic N) is 2. The molecule has 0 aliphatic rings. The molecule has 2 N–H and O–H groups in total. The number of fused-ring (bicyclic) bond motifs is 1. The molecule has 72 valence electrons. The van der Waals surface area contributed by atoms with Crippen molar-refractivity contribution in [2.24, 2.45) is 5.73 Å². The molecule has 0 atom stereocenters. The lowest BCUT2D eigenvalue weighted by atomic mass is 10.2. The molecule has 0 aliphatic carbocycles. The van der Waals surface area contributed by atoms with E-state index >= 15 is 0 Å². The third-order valence-corrected chi connectivity index (χ3v) is 2.62. The topological polar surface area (TPSA) is 60.4 Å². The molecule has 14 heavy (non-hydrogen) atoms. The van der Waals surface area contributed by atoms with Crippen molar-refractivity contribution < 1.29 is 4.79 Å². The number of aromatic nitrogens is 2. The molecule has 0 bridgehead atoms. The van der Waals surface area contributed by atoms with Crippen LogP contribution in [-0.4, -0.2) is 15.3 Å². The molecule has 2 rings (SSSR count). The van der Waals surface area contributed by atoms with Gasteiger partial charge in [-0.05, 0) is 34.5 Å². The first-order valence-corrected chi connectivity index (χ1v) is 4.82. The molecule has 2 heterocycles. The van der Waals surface area contributed by atoms with E-state index in [1.165, 1.54) is 0 Å². The molecule has 0 aromatic carbocycles. The van der Waals surface area contributed by atoms with Crippen LogP contribution in [0.15, 0.2) is 23.1 Å². The van der Waals surface area contributed by atoms with Crippen LogP contribution in [-0.2, 0) is 0 Å². The summed E-state index contributed by atoms with van der Waals surface area (Å²) in [4.78, 5) is 15.2. The highest BCUT2D eigenvalue weighted by molar-refractivity contribution is 9.10. The number of amides is 1. The van der Waals surface area contributed by atoms with Gasteiger partial charge in [0.05, 0.1) is 11.8 Å². The molecule has 0 saturated carbocycles. The zero-order valence-corrected chi connectivity index (χ0v) is 9.08. The maximum absolute atomic E-state index is 11.0. The van der Waals surface area contributed by atoms with Crippen LogP contribution in [0.4, 0.5) is 0 Å². The largest absolute Gasteiger partial charge is 0.366 e. The van der Waals surface area contributed by atoms with Crippen molar-refractivity contribution in [2.45, 2.75) is 6.92 Å². The molecule has 0 radical (unpaired) electrons. The van der Waals surface area contributed by atoms with Gasteiger partial charge in [0.1, 0.15) is 10.3 Å². The molecule has 2 aromatic rings. The summed E-state index contributed by atoms with van der Waals surface area (Å²) in [6.45, 7) is 1.89. The van der Waals surface area contributed by atoms with Gasteiger partial charge in [-0.15, -0.1) is 0 Å². The number of hydrogen-bond donors (Lipinski definition) is 1. The Kier molecular flexibility index (Phi) is 2.03. The van der Waals surface area contributed by atoms with E-state index in [1.807, 2.05) is 6.92 Å². The van der Waals surface area contributed by atoms with E-state index in [2.05, 4.69) is 20.9 Å². The van der Waals surface area contributed by atoms with E-state index in [1.54, 1.807) is 22.9 Å². The fourth-order valence-electron chi connectivity index (χ4n) is 1.36. The standard InChI is InChI=1S/C9H8BrN3O/c1-5-2-6(8(11)14)4-13-7(10)3-12-9(5)13/h2-4H,1H3,(H2,11,14). The van der Waals surface area contributed by atoms with Crippen LogP contribution in [0.25, 0.3) is 5.65 Å². The lowest BCUT2D eigenvalue weighted by Crippen LogP contribution is -2.12. The monoisotopic (exact) mass is 253 g/mol. The van der Waals surface area contributed by atoms with E-state index in [4.69, 9.17) is 5.73 Å². The lowest BCUT2D eigenvalue weighted by Gasteiger charge is -2.02. The summed E-state index contributed by atoms with van der Waals surface area (Å²) in [7, 11) is 0. The molecule has 0 saturated heterocycles. The number of carbonyl (C=O) groups is 1. The maximum atomic E-state index is 11.0. The van der Waals surface area contributed by atoms with E-state index in [-0.39, 0.29) is 0 Å². The predicted molar refractivity (Wildman–Crippen MR) is 56.1 cm³/mol. The van der Waals surface area contributed by atoms with Gasteiger partial charge in [0, 0.05) is 6.20 Å². The van der Waals surface area contributed by atoms with Gasteiger partial charge in [-0.25, -0.2) is 4.98 Å². The van der Waals surface area contributed by atoms with Crippen LogP contribution in [0.3, 0.4) is 0 Å². The Morgan fingerprint density at radius 1 is 1.64 bits per heavy atom. The fourth-order valence-corrected chi connectivity index (χ4v) is 1.74. The second-order valence-electron chi connectivity index (χ2n) is 3.05. The number of carbonyl (C=O) groups excluding carboxylic acids is 1. The van der Waals surface area contributed by atoms with Gasteiger partial charge in [0.25, 0.3) is 0 Å². The van der Waals surface area contributed by atoms with Crippen molar-refractivity contribution >= 4 is 27.5 Å². The first kappa shape index (κ1) is 9.21. The number of hydrogen-bond acceptors (Lipinski definition) is 2. The number of primary amides is 1. The summed E-state index contributed by atoms with van der Waals surface area (Å²) in [5.41, 5.74) is 7.43. The van der Waals surface area contributed by atoms with Crippen LogP contribution >= 0.6 is 15.9 Å². The van der Waals surface area contributed by atoms with Crippen molar-refractivity contribution in [1.29, 1.82) is 0 Å². The van der Waals surface area contributed by atoms with Crippen LogP contribution in [0.1, 0.15) is 15.9 Å². The minimum atomic E-state index is -0.435. The smallest absolute Gasteiger partial charge is 0.250 e. The highest BCUT2D eigenvalue weighted by Gasteiger charge is 2.08. The molecular weight excluding hydrogens is 246 g/mol. The Morgan fingerprint density at radius 3 is 3.00 bits per heavy atom. The van der Waals surface area contributed by atoms with E-state index in [0.29, 0.717) is 5.56 Å². The second-order valence-corrected chi connectivity index (χ2v) is 3.86. The van der Waals surface area contributed by atoms with Crippen molar-refractivity contribution in [1.82, 2.24) is 9.38 Å². The van der Waals surface area contributed by atoms with Crippen molar-refractivity contribution in [3.05, 3.63) is 34.2 Å². The summed E-state index contributed by atoms with van der Waals surface area (Å²) >= 11 is 3.33. The molecular formula is C9H8BrN3O. The zero-order chi connectivity index (χ0) is 10.3. The molecule has 0 aliphatic heterocycles. The molecule has 2 aromatic heterocycles. The van der Waals surface area contributed by atoms with Crippen LogP contribution < -0.4 is 5.73 Å². The minimum absolute atomic E-state index is 0.435. The number of nitrogens with two attached hydrogens (primary N) is 1. The van der Waals surface area contributed by atoms with Crippen LogP contribution in [0.2, 0.25) is 0 Å². The number of halogens is 1.